The van der Waals surface area contributed by atoms with Gasteiger partial charge in [0.1, 0.15) is 10.9 Å². The molecular formula is C24H35N5O3S2. The maximum absolute atomic E-state index is 13.5. The smallest absolute Gasteiger partial charge is 0.243 e. The molecule has 3 N–H and O–H groups in total. The highest BCUT2D eigenvalue weighted by atomic mass is 32.2. The normalized spacial score (nSPS) is 19.9. The van der Waals surface area contributed by atoms with Crippen LogP contribution in [0.3, 0.4) is 0 Å². The lowest BCUT2D eigenvalue weighted by atomic mass is 9.96. The standard InChI is InChI=1S/C24H35N5O3S2/c1-17-8-12-29(13-9-17)23(30)20(6-4-14-33-24-25-10-11-26-24)28-34(31,32)21-7-3-5-19-15-18(2)16-27-22(19)21/h3,5,7,10-11,17-18,20,27-28H,4,6,8-9,12-16H2,1-2H3,(H,25,26). The lowest BCUT2D eigenvalue weighted by Gasteiger charge is -2.33. The van der Waals surface area contributed by atoms with Gasteiger partial charge in [-0.15, -0.1) is 0 Å². The lowest BCUT2D eigenvalue weighted by molar-refractivity contribution is -0.134. The minimum atomic E-state index is -3.88. The van der Waals surface area contributed by atoms with Gasteiger partial charge in [-0.25, -0.2) is 13.4 Å². The van der Waals surface area contributed by atoms with E-state index in [0.29, 0.717) is 43.5 Å². The van der Waals surface area contributed by atoms with Crippen LogP contribution < -0.4 is 10.0 Å². The molecule has 0 saturated carbocycles. The molecule has 0 spiro atoms. The number of hydrogen-bond acceptors (Lipinski definition) is 6. The molecule has 10 heteroatoms. The SMILES string of the molecule is CC1CCN(C(=O)C(CCCSc2ncc[nH]2)NS(=O)(=O)c2cccc3c2NCC(C)C3)CC1. The van der Waals surface area contributed by atoms with Crippen LogP contribution in [-0.4, -0.2) is 60.6 Å². The molecule has 0 radical (unpaired) electrons. The van der Waals surface area contributed by atoms with Gasteiger partial charge in [0.15, 0.2) is 5.16 Å². The predicted molar refractivity (Wildman–Crippen MR) is 135 cm³/mol. The molecule has 4 rings (SSSR count). The Morgan fingerprint density at radius 1 is 1.26 bits per heavy atom. The van der Waals surface area contributed by atoms with Crippen LogP contribution in [0, 0.1) is 11.8 Å². The number of imidazole rings is 1. The molecule has 2 aliphatic heterocycles. The summed E-state index contributed by atoms with van der Waals surface area (Å²) in [6.45, 7) is 6.43. The minimum absolute atomic E-state index is 0.121. The van der Waals surface area contributed by atoms with E-state index in [2.05, 4.69) is 33.9 Å². The molecule has 0 bridgehead atoms. The summed E-state index contributed by atoms with van der Waals surface area (Å²) in [5, 5.41) is 4.12. The average Bonchev–Trinajstić information content (AvgIpc) is 3.34. The zero-order valence-corrected chi connectivity index (χ0v) is 21.6. The number of carbonyl (C=O) groups is 1. The van der Waals surface area contributed by atoms with Gasteiger partial charge in [0, 0.05) is 37.8 Å². The summed E-state index contributed by atoms with van der Waals surface area (Å²) < 4.78 is 29.8. The number of rotatable bonds is 9. The number of nitrogens with one attached hydrogen (secondary N) is 3. The number of hydrogen-bond donors (Lipinski definition) is 3. The molecule has 8 nitrogen and oxygen atoms in total. The number of nitrogens with zero attached hydrogens (tertiary/aromatic N) is 2. The molecule has 1 amide bonds. The molecular weight excluding hydrogens is 470 g/mol. The topological polar surface area (TPSA) is 107 Å². The van der Waals surface area contributed by atoms with Crippen LogP contribution in [0.2, 0.25) is 0 Å². The van der Waals surface area contributed by atoms with Gasteiger partial charge in [0.25, 0.3) is 0 Å². The van der Waals surface area contributed by atoms with Crippen LogP contribution in [-0.2, 0) is 21.2 Å². The summed E-state index contributed by atoms with van der Waals surface area (Å²) in [5.74, 6) is 1.66. The first-order valence-electron chi connectivity index (χ1n) is 12.1. The third kappa shape index (κ3) is 6.14. The van der Waals surface area contributed by atoms with Crippen LogP contribution >= 0.6 is 11.8 Å². The van der Waals surface area contributed by atoms with E-state index in [4.69, 9.17) is 0 Å². The largest absolute Gasteiger partial charge is 0.383 e. The molecule has 186 valence electrons. The van der Waals surface area contributed by atoms with Crippen LogP contribution in [0.5, 0.6) is 0 Å². The van der Waals surface area contributed by atoms with Crippen molar-refractivity contribution in [2.24, 2.45) is 11.8 Å². The van der Waals surface area contributed by atoms with Crippen molar-refractivity contribution in [1.82, 2.24) is 19.6 Å². The van der Waals surface area contributed by atoms with Crippen LogP contribution in [0.1, 0.15) is 45.1 Å². The Morgan fingerprint density at radius 2 is 2.06 bits per heavy atom. The molecule has 0 aliphatic carbocycles. The van der Waals surface area contributed by atoms with E-state index in [1.54, 1.807) is 36.3 Å². The lowest BCUT2D eigenvalue weighted by Crippen LogP contribution is -2.50. The first kappa shape index (κ1) is 25.1. The van der Waals surface area contributed by atoms with Crippen LogP contribution in [0.4, 0.5) is 5.69 Å². The highest BCUT2D eigenvalue weighted by Crippen LogP contribution is 2.31. The summed E-state index contributed by atoms with van der Waals surface area (Å²) in [4.78, 5) is 22.7. The number of piperidine rings is 1. The number of carbonyl (C=O) groups excluding carboxylic acids is 1. The Kier molecular flexibility index (Phi) is 8.21. The molecule has 2 aliphatic rings. The molecule has 2 aromatic rings. The van der Waals surface area contributed by atoms with Gasteiger partial charge in [-0.05, 0) is 55.6 Å². The number of sulfonamides is 1. The van der Waals surface area contributed by atoms with Crippen LogP contribution in [0.25, 0.3) is 0 Å². The summed E-state index contributed by atoms with van der Waals surface area (Å²) in [6.07, 6.45) is 7.35. The monoisotopic (exact) mass is 505 g/mol. The fraction of sp³-hybridized carbons (Fsp3) is 0.583. The fourth-order valence-electron chi connectivity index (χ4n) is 4.61. The number of para-hydroxylation sites is 1. The number of anilines is 1. The van der Waals surface area contributed by atoms with Gasteiger partial charge in [-0.1, -0.05) is 37.7 Å². The van der Waals surface area contributed by atoms with E-state index in [9.17, 15) is 13.2 Å². The molecule has 3 heterocycles. The Morgan fingerprint density at radius 3 is 2.79 bits per heavy atom. The highest BCUT2D eigenvalue weighted by molar-refractivity contribution is 7.99. The molecule has 1 aromatic heterocycles. The molecule has 1 fully saturated rings. The average molecular weight is 506 g/mol. The number of H-pyrrole nitrogens is 1. The van der Waals surface area contributed by atoms with E-state index in [1.165, 1.54) is 0 Å². The quantitative estimate of drug-likeness (QED) is 0.356. The maximum Gasteiger partial charge on any atom is 0.243 e. The molecule has 1 aromatic carbocycles. The van der Waals surface area contributed by atoms with Crippen molar-refractivity contribution in [2.75, 3.05) is 30.7 Å². The number of thioether (sulfide) groups is 1. The maximum atomic E-state index is 13.5. The predicted octanol–water partition coefficient (Wildman–Crippen LogP) is 3.49. The fourth-order valence-corrected chi connectivity index (χ4v) is 6.86. The van der Waals surface area contributed by atoms with Gasteiger partial charge in [-0.2, -0.15) is 4.72 Å². The van der Waals surface area contributed by atoms with Crippen molar-refractivity contribution in [3.8, 4) is 0 Å². The molecule has 2 unspecified atom stereocenters. The number of likely N-dealkylation sites (tertiary alicyclic amines) is 1. The third-order valence-electron chi connectivity index (χ3n) is 6.64. The Balaban J connectivity index is 1.49. The zero-order valence-electron chi connectivity index (χ0n) is 19.9. The van der Waals surface area contributed by atoms with Crippen LogP contribution in [0.15, 0.2) is 40.6 Å². The van der Waals surface area contributed by atoms with Gasteiger partial charge < -0.3 is 15.2 Å². The second-order valence-corrected chi connectivity index (χ2v) is 12.3. The number of aromatic amines is 1. The van der Waals surface area contributed by atoms with E-state index < -0.39 is 16.1 Å². The minimum Gasteiger partial charge on any atom is -0.383 e. The van der Waals surface area contributed by atoms with E-state index in [1.807, 2.05) is 11.0 Å². The van der Waals surface area contributed by atoms with Gasteiger partial charge in [0.05, 0.1) is 5.69 Å². The number of aromatic nitrogens is 2. The summed E-state index contributed by atoms with van der Waals surface area (Å²) >= 11 is 1.57. The van der Waals surface area contributed by atoms with Crippen molar-refractivity contribution in [3.63, 3.8) is 0 Å². The van der Waals surface area contributed by atoms with E-state index in [-0.39, 0.29) is 10.8 Å². The molecule has 2 atom stereocenters. The Labute approximate surface area is 206 Å². The highest BCUT2D eigenvalue weighted by Gasteiger charge is 2.32. The van der Waals surface area contributed by atoms with Crippen molar-refractivity contribution in [2.45, 2.75) is 62.0 Å². The molecule has 34 heavy (non-hydrogen) atoms. The van der Waals surface area contributed by atoms with Gasteiger partial charge in [0.2, 0.25) is 15.9 Å². The van der Waals surface area contributed by atoms with E-state index in [0.717, 1.165) is 42.3 Å². The summed E-state index contributed by atoms with van der Waals surface area (Å²) in [5.41, 5.74) is 1.67. The number of benzene rings is 1. The van der Waals surface area contributed by atoms with Crippen molar-refractivity contribution < 1.29 is 13.2 Å². The third-order valence-corrected chi connectivity index (χ3v) is 9.14. The van der Waals surface area contributed by atoms with Crippen molar-refractivity contribution in [1.29, 1.82) is 0 Å². The van der Waals surface area contributed by atoms with Crippen molar-refractivity contribution >= 4 is 33.4 Å². The molecule has 1 saturated heterocycles. The van der Waals surface area contributed by atoms with Gasteiger partial charge >= 0.3 is 0 Å². The second kappa shape index (κ2) is 11.1. The Hall–Kier alpha value is -2.04. The van der Waals surface area contributed by atoms with Crippen molar-refractivity contribution in [3.05, 3.63) is 36.2 Å². The first-order valence-corrected chi connectivity index (χ1v) is 14.6. The number of amides is 1. The summed E-state index contributed by atoms with van der Waals surface area (Å²) in [7, 11) is -3.88. The first-order chi connectivity index (χ1) is 16.3. The van der Waals surface area contributed by atoms with E-state index >= 15 is 0 Å². The second-order valence-electron chi connectivity index (χ2n) is 9.55. The van der Waals surface area contributed by atoms with Gasteiger partial charge in [-0.3, -0.25) is 4.79 Å². The Bertz CT molecular complexity index is 1070. The zero-order chi connectivity index (χ0) is 24.1. The summed E-state index contributed by atoms with van der Waals surface area (Å²) in [6, 6.07) is 4.60. The number of fused-ring (bicyclic) bond motifs is 1.